The van der Waals surface area contributed by atoms with Crippen LogP contribution in [0.2, 0.25) is 0 Å². The van der Waals surface area contributed by atoms with E-state index < -0.39 is 10.0 Å². The molecule has 0 saturated heterocycles. The Kier molecular flexibility index (Phi) is 3.38. The molecular weight excluding hydrogens is 270 g/mol. The van der Waals surface area contributed by atoms with Crippen molar-refractivity contribution in [3.63, 3.8) is 0 Å². The molecule has 0 aliphatic rings. The Morgan fingerprint density at radius 1 is 1.43 bits per heavy atom. The van der Waals surface area contributed by atoms with Crippen LogP contribution in [0.15, 0.2) is 22.7 Å². The van der Waals surface area contributed by atoms with E-state index in [1.165, 1.54) is 7.11 Å². The zero-order chi connectivity index (χ0) is 10.8. The van der Waals surface area contributed by atoms with Gasteiger partial charge in [0.05, 0.1) is 19.1 Å². The summed E-state index contributed by atoms with van der Waals surface area (Å²) in [5, 5.41) is 0. The molecule has 1 aromatic carbocycles. The van der Waals surface area contributed by atoms with Crippen LogP contribution in [-0.2, 0) is 10.0 Å². The van der Waals surface area contributed by atoms with Crippen LogP contribution in [-0.4, -0.2) is 21.8 Å². The second-order valence-electron chi connectivity index (χ2n) is 2.72. The predicted molar refractivity (Wildman–Crippen MR) is 59.2 cm³/mol. The number of sulfonamides is 1. The first-order valence-corrected chi connectivity index (χ1v) is 6.42. The van der Waals surface area contributed by atoms with Crippen LogP contribution in [0, 0.1) is 0 Å². The van der Waals surface area contributed by atoms with E-state index >= 15 is 0 Å². The van der Waals surface area contributed by atoms with Crippen LogP contribution in [0.3, 0.4) is 0 Å². The van der Waals surface area contributed by atoms with Gasteiger partial charge in [0, 0.05) is 10.5 Å². The van der Waals surface area contributed by atoms with Crippen LogP contribution in [0.5, 0.6) is 5.75 Å². The molecule has 0 radical (unpaired) electrons. The second kappa shape index (κ2) is 4.18. The standard InChI is InChI=1S/C8H10BrNO3S/c1-13-6-3-4-7(9)8(5-6)10-14(2,11)12/h3-5,10H,1-2H3. The van der Waals surface area contributed by atoms with Crippen molar-refractivity contribution >= 4 is 31.6 Å². The fourth-order valence-electron chi connectivity index (χ4n) is 0.909. The molecule has 0 amide bonds. The lowest BCUT2D eigenvalue weighted by molar-refractivity contribution is 0.415. The summed E-state index contributed by atoms with van der Waals surface area (Å²) in [6.45, 7) is 0. The van der Waals surface area contributed by atoms with Gasteiger partial charge in [0.2, 0.25) is 10.0 Å². The molecule has 0 aliphatic heterocycles. The van der Waals surface area contributed by atoms with E-state index in [0.29, 0.717) is 15.9 Å². The highest BCUT2D eigenvalue weighted by molar-refractivity contribution is 9.10. The van der Waals surface area contributed by atoms with E-state index in [1.807, 2.05) is 0 Å². The third-order valence-corrected chi connectivity index (χ3v) is 2.75. The largest absolute Gasteiger partial charge is 0.497 e. The van der Waals surface area contributed by atoms with Crippen LogP contribution in [0.4, 0.5) is 5.69 Å². The molecule has 0 unspecified atom stereocenters. The van der Waals surface area contributed by atoms with Crippen molar-refractivity contribution in [2.75, 3.05) is 18.1 Å². The van der Waals surface area contributed by atoms with Crippen LogP contribution in [0.25, 0.3) is 0 Å². The van der Waals surface area contributed by atoms with E-state index in [4.69, 9.17) is 4.74 Å². The lowest BCUT2D eigenvalue weighted by atomic mass is 10.3. The first kappa shape index (κ1) is 11.3. The summed E-state index contributed by atoms with van der Waals surface area (Å²) in [6, 6.07) is 5.05. The maximum atomic E-state index is 11.0. The highest BCUT2D eigenvalue weighted by Gasteiger charge is 2.06. The first-order chi connectivity index (χ1) is 6.42. The van der Waals surface area contributed by atoms with Crippen LogP contribution in [0.1, 0.15) is 0 Å². The fourth-order valence-corrected chi connectivity index (χ4v) is 1.95. The topological polar surface area (TPSA) is 55.4 Å². The van der Waals surface area contributed by atoms with Crippen molar-refractivity contribution in [2.45, 2.75) is 0 Å². The maximum absolute atomic E-state index is 11.0. The number of benzene rings is 1. The van der Waals surface area contributed by atoms with E-state index in [-0.39, 0.29) is 0 Å². The molecular formula is C8H10BrNO3S. The first-order valence-electron chi connectivity index (χ1n) is 3.74. The minimum Gasteiger partial charge on any atom is -0.497 e. The highest BCUT2D eigenvalue weighted by Crippen LogP contribution is 2.27. The summed E-state index contributed by atoms with van der Waals surface area (Å²) in [5.41, 5.74) is 0.465. The van der Waals surface area contributed by atoms with Gasteiger partial charge in [-0.05, 0) is 28.1 Å². The Bertz CT molecular complexity index is 430. The Hall–Kier alpha value is -0.750. The zero-order valence-corrected chi connectivity index (χ0v) is 10.1. The average Bonchev–Trinajstić information content (AvgIpc) is 2.06. The summed E-state index contributed by atoms with van der Waals surface area (Å²) >= 11 is 3.23. The number of nitrogens with one attached hydrogen (secondary N) is 1. The van der Waals surface area contributed by atoms with Crippen LogP contribution >= 0.6 is 15.9 Å². The van der Waals surface area contributed by atoms with Gasteiger partial charge < -0.3 is 4.74 Å². The molecule has 0 atom stereocenters. The van der Waals surface area contributed by atoms with E-state index in [1.54, 1.807) is 18.2 Å². The Labute approximate surface area is 91.5 Å². The van der Waals surface area contributed by atoms with Gasteiger partial charge in [-0.3, -0.25) is 4.72 Å². The monoisotopic (exact) mass is 279 g/mol. The molecule has 1 aromatic rings. The molecule has 0 aliphatic carbocycles. The molecule has 1 N–H and O–H groups in total. The lowest BCUT2D eigenvalue weighted by Crippen LogP contribution is -2.09. The molecule has 1 rings (SSSR count). The minimum absolute atomic E-state index is 0.465. The zero-order valence-electron chi connectivity index (χ0n) is 7.74. The third-order valence-electron chi connectivity index (χ3n) is 1.47. The lowest BCUT2D eigenvalue weighted by Gasteiger charge is -2.08. The summed E-state index contributed by atoms with van der Waals surface area (Å²) in [4.78, 5) is 0. The number of hydrogen-bond acceptors (Lipinski definition) is 3. The number of rotatable bonds is 3. The summed E-state index contributed by atoms with van der Waals surface area (Å²) in [6.07, 6.45) is 1.10. The molecule has 0 saturated carbocycles. The normalized spacial score (nSPS) is 11.1. The summed E-state index contributed by atoms with van der Waals surface area (Å²) in [7, 11) is -1.74. The number of ether oxygens (including phenoxy) is 1. The number of anilines is 1. The molecule has 0 bridgehead atoms. The predicted octanol–water partition coefficient (Wildman–Crippen LogP) is 1.83. The number of halogens is 1. The molecule has 0 fully saturated rings. The number of methoxy groups -OCH3 is 1. The van der Waals surface area contributed by atoms with Crippen LogP contribution < -0.4 is 9.46 Å². The van der Waals surface area contributed by atoms with Gasteiger partial charge in [0.1, 0.15) is 5.75 Å². The van der Waals surface area contributed by atoms with Gasteiger partial charge >= 0.3 is 0 Å². The van der Waals surface area contributed by atoms with Gasteiger partial charge in [0.15, 0.2) is 0 Å². The van der Waals surface area contributed by atoms with Gasteiger partial charge in [-0.15, -0.1) is 0 Å². The van der Waals surface area contributed by atoms with Crippen molar-refractivity contribution in [1.29, 1.82) is 0 Å². The summed E-state index contributed by atoms with van der Waals surface area (Å²) < 4.78 is 30.0. The molecule has 14 heavy (non-hydrogen) atoms. The minimum atomic E-state index is -3.26. The molecule has 78 valence electrons. The third kappa shape index (κ3) is 3.19. The van der Waals surface area contributed by atoms with E-state index in [0.717, 1.165) is 6.26 Å². The SMILES string of the molecule is COc1ccc(Br)c(NS(C)(=O)=O)c1. The van der Waals surface area contributed by atoms with Gasteiger partial charge in [0.25, 0.3) is 0 Å². The van der Waals surface area contributed by atoms with Gasteiger partial charge in [-0.25, -0.2) is 8.42 Å². The molecule has 0 heterocycles. The molecule has 6 heteroatoms. The van der Waals surface area contributed by atoms with E-state index in [9.17, 15) is 8.42 Å². The molecule has 0 spiro atoms. The van der Waals surface area contributed by atoms with Gasteiger partial charge in [-0.2, -0.15) is 0 Å². The van der Waals surface area contributed by atoms with Crippen molar-refractivity contribution in [1.82, 2.24) is 0 Å². The quantitative estimate of drug-likeness (QED) is 0.919. The summed E-state index contributed by atoms with van der Waals surface area (Å²) in [5.74, 6) is 0.597. The molecule has 4 nitrogen and oxygen atoms in total. The smallest absolute Gasteiger partial charge is 0.229 e. The second-order valence-corrected chi connectivity index (χ2v) is 5.32. The highest BCUT2D eigenvalue weighted by atomic mass is 79.9. The average molecular weight is 280 g/mol. The van der Waals surface area contributed by atoms with Gasteiger partial charge in [-0.1, -0.05) is 0 Å². The van der Waals surface area contributed by atoms with Crippen molar-refractivity contribution in [2.24, 2.45) is 0 Å². The molecule has 0 aromatic heterocycles. The van der Waals surface area contributed by atoms with Crippen molar-refractivity contribution in [3.05, 3.63) is 22.7 Å². The Morgan fingerprint density at radius 2 is 2.07 bits per heavy atom. The fraction of sp³-hybridized carbons (Fsp3) is 0.250. The Morgan fingerprint density at radius 3 is 2.57 bits per heavy atom. The Balaban J connectivity index is 3.07. The maximum Gasteiger partial charge on any atom is 0.229 e. The van der Waals surface area contributed by atoms with Crippen molar-refractivity contribution < 1.29 is 13.2 Å². The van der Waals surface area contributed by atoms with E-state index in [2.05, 4.69) is 20.7 Å². The van der Waals surface area contributed by atoms with Crippen molar-refractivity contribution in [3.8, 4) is 5.75 Å². The number of hydrogen-bond donors (Lipinski definition) is 1.